The molecule has 1 aromatic heterocycles. The fourth-order valence-corrected chi connectivity index (χ4v) is 4.07. The summed E-state index contributed by atoms with van der Waals surface area (Å²) in [6, 6.07) is 9.25. The van der Waals surface area contributed by atoms with Crippen molar-refractivity contribution >= 4 is 10.8 Å². The molecular weight excluding hydrogens is 256 g/mol. The Morgan fingerprint density at radius 2 is 2.19 bits per heavy atom. The van der Waals surface area contributed by atoms with Crippen LogP contribution in [0.4, 0.5) is 0 Å². The average molecular weight is 282 g/mol. The molecule has 1 fully saturated rings. The van der Waals surface area contributed by atoms with E-state index in [1.54, 1.807) is 0 Å². The van der Waals surface area contributed by atoms with E-state index in [9.17, 15) is 0 Å². The Kier molecular flexibility index (Phi) is 4.54. The van der Waals surface area contributed by atoms with E-state index in [0.717, 1.165) is 11.8 Å². The lowest BCUT2D eigenvalue weighted by Gasteiger charge is -2.35. The molecule has 1 aliphatic rings. The first-order valence-corrected chi connectivity index (χ1v) is 8.33. The van der Waals surface area contributed by atoms with Gasteiger partial charge in [-0.3, -0.25) is 4.98 Å². The Hall–Kier alpha value is -1.41. The van der Waals surface area contributed by atoms with Gasteiger partial charge < -0.3 is 5.32 Å². The van der Waals surface area contributed by atoms with Gasteiger partial charge in [0.2, 0.25) is 0 Å². The number of fused-ring (bicyclic) bond motifs is 1. The van der Waals surface area contributed by atoms with Crippen LogP contribution in [-0.2, 0) is 0 Å². The summed E-state index contributed by atoms with van der Waals surface area (Å²) in [5, 5.41) is 6.20. The van der Waals surface area contributed by atoms with Crippen molar-refractivity contribution in [2.45, 2.75) is 45.1 Å². The molecule has 21 heavy (non-hydrogen) atoms. The van der Waals surface area contributed by atoms with Crippen LogP contribution in [0.15, 0.2) is 36.7 Å². The molecule has 1 aromatic carbocycles. The molecule has 1 N–H and O–H groups in total. The summed E-state index contributed by atoms with van der Waals surface area (Å²) in [7, 11) is 2.11. The second-order valence-corrected chi connectivity index (χ2v) is 6.41. The van der Waals surface area contributed by atoms with Gasteiger partial charge in [0, 0.05) is 23.8 Å². The molecular formula is C19H26N2. The Labute approximate surface area is 128 Å². The summed E-state index contributed by atoms with van der Waals surface area (Å²) in [6.07, 6.45) is 10.7. The number of hydrogen-bond donors (Lipinski definition) is 1. The zero-order chi connectivity index (χ0) is 14.7. The first kappa shape index (κ1) is 14.5. The van der Waals surface area contributed by atoms with Crippen LogP contribution in [0.25, 0.3) is 10.8 Å². The number of aromatic nitrogens is 1. The molecule has 2 nitrogen and oxygen atoms in total. The second-order valence-electron chi connectivity index (χ2n) is 6.41. The molecule has 1 heterocycles. The lowest BCUT2D eigenvalue weighted by molar-refractivity contribution is 0.215. The number of hydrogen-bond acceptors (Lipinski definition) is 2. The summed E-state index contributed by atoms with van der Waals surface area (Å²) in [5.74, 6) is 1.67. The highest BCUT2D eigenvalue weighted by Crippen LogP contribution is 2.39. The standard InChI is InChI=1S/C19H26N2/c1-3-14-6-4-7-15(12-14)19(20-2)18-9-5-8-16-13-21-11-10-17(16)18/h5,8-11,13-15,19-20H,3-4,6-7,12H2,1-2H3. The molecule has 0 bridgehead atoms. The van der Waals surface area contributed by atoms with Crippen LogP contribution in [-0.4, -0.2) is 12.0 Å². The Morgan fingerprint density at radius 1 is 1.29 bits per heavy atom. The maximum atomic E-state index is 4.26. The number of nitrogens with one attached hydrogen (secondary N) is 1. The fraction of sp³-hybridized carbons (Fsp3) is 0.526. The van der Waals surface area contributed by atoms with Crippen molar-refractivity contribution < 1.29 is 0 Å². The number of nitrogens with zero attached hydrogens (tertiary/aromatic N) is 1. The van der Waals surface area contributed by atoms with Gasteiger partial charge in [0.15, 0.2) is 0 Å². The minimum absolute atomic E-state index is 0.463. The molecule has 0 saturated heterocycles. The summed E-state index contributed by atoms with van der Waals surface area (Å²) in [4.78, 5) is 4.26. The van der Waals surface area contributed by atoms with Gasteiger partial charge >= 0.3 is 0 Å². The first-order valence-electron chi connectivity index (χ1n) is 8.33. The molecule has 3 atom stereocenters. The van der Waals surface area contributed by atoms with E-state index in [2.05, 4.69) is 48.5 Å². The van der Waals surface area contributed by atoms with Crippen molar-refractivity contribution in [1.82, 2.24) is 10.3 Å². The van der Waals surface area contributed by atoms with E-state index in [0.29, 0.717) is 6.04 Å². The van der Waals surface area contributed by atoms with Gasteiger partial charge in [-0.25, -0.2) is 0 Å². The van der Waals surface area contributed by atoms with Gasteiger partial charge in [-0.2, -0.15) is 0 Å². The Morgan fingerprint density at radius 3 is 3.00 bits per heavy atom. The molecule has 0 aliphatic heterocycles. The lowest BCUT2D eigenvalue weighted by atomic mass is 9.74. The van der Waals surface area contributed by atoms with E-state index in [1.807, 2.05) is 12.4 Å². The summed E-state index contributed by atoms with van der Waals surface area (Å²) < 4.78 is 0. The van der Waals surface area contributed by atoms with Gasteiger partial charge in [-0.15, -0.1) is 0 Å². The molecule has 112 valence electrons. The van der Waals surface area contributed by atoms with Crippen LogP contribution < -0.4 is 5.32 Å². The van der Waals surface area contributed by atoms with Crippen molar-refractivity contribution in [1.29, 1.82) is 0 Å². The van der Waals surface area contributed by atoms with Gasteiger partial charge in [0.1, 0.15) is 0 Å². The smallest absolute Gasteiger partial charge is 0.0352 e. The number of benzene rings is 1. The van der Waals surface area contributed by atoms with E-state index >= 15 is 0 Å². The third-order valence-electron chi connectivity index (χ3n) is 5.23. The van der Waals surface area contributed by atoms with Gasteiger partial charge in [0.25, 0.3) is 0 Å². The van der Waals surface area contributed by atoms with Crippen molar-refractivity contribution in [3.8, 4) is 0 Å². The maximum Gasteiger partial charge on any atom is 0.0352 e. The highest BCUT2D eigenvalue weighted by Gasteiger charge is 2.28. The average Bonchev–Trinajstić information content (AvgIpc) is 2.56. The van der Waals surface area contributed by atoms with Crippen molar-refractivity contribution in [2.24, 2.45) is 11.8 Å². The zero-order valence-corrected chi connectivity index (χ0v) is 13.2. The summed E-state index contributed by atoms with van der Waals surface area (Å²) in [5.41, 5.74) is 1.44. The monoisotopic (exact) mass is 282 g/mol. The molecule has 1 saturated carbocycles. The van der Waals surface area contributed by atoms with Crippen LogP contribution in [0.3, 0.4) is 0 Å². The second kappa shape index (κ2) is 6.57. The van der Waals surface area contributed by atoms with Crippen LogP contribution in [0.1, 0.15) is 50.6 Å². The minimum Gasteiger partial charge on any atom is -0.313 e. The third-order valence-corrected chi connectivity index (χ3v) is 5.23. The van der Waals surface area contributed by atoms with Crippen LogP contribution >= 0.6 is 0 Å². The molecule has 2 aromatic rings. The Bertz CT molecular complexity index is 588. The van der Waals surface area contributed by atoms with Gasteiger partial charge in [-0.05, 0) is 48.7 Å². The van der Waals surface area contributed by atoms with E-state index in [-0.39, 0.29) is 0 Å². The largest absolute Gasteiger partial charge is 0.313 e. The summed E-state index contributed by atoms with van der Waals surface area (Å²) >= 11 is 0. The van der Waals surface area contributed by atoms with Crippen molar-refractivity contribution in [3.05, 3.63) is 42.2 Å². The first-order chi connectivity index (χ1) is 10.3. The molecule has 1 aliphatic carbocycles. The predicted molar refractivity (Wildman–Crippen MR) is 89.3 cm³/mol. The number of pyridine rings is 1. The van der Waals surface area contributed by atoms with Gasteiger partial charge in [0.05, 0.1) is 0 Å². The molecule has 0 radical (unpaired) electrons. The highest BCUT2D eigenvalue weighted by atomic mass is 14.9. The molecule has 0 amide bonds. The van der Waals surface area contributed by atoms with Gasteiger partial charge in [-0.1, -0.05) is 44.4 Å². The van der Waals surface area contributed by atoms with E-state index in [1.165, 1.54) is 48.4 Å². The summed E-state index contributed by atoms with van der Waals surface area (Å²) in [6.45, 7) is 2.34. The minimum atomic E-state index is 0.463. The predicted octanol–water partition coefficient (Wildman–Crippen LogP) is 4.71. The third kappa shape index (κ3) is 2.96. The fourth-order valence-electron chi connectivity index (χ4n) is 4.07. The normalized spacial score (nSPS) is 24.1. The van der Waals surface area contributed by atoms with Crippen molar-refractivity contribution in [3.63, 3.8) is 0 Å². The topological polar surface area (TPSA) is 24.9 Å². The van der Waals surface area contributed by atoms with Crippen LogP contribution in [0.5, 0.6) is 0 Å². The molecule has 2 heteroatoms. The zero-order valence-electron chi connectivity index (χ0n) is 13.2. The SMILES string of the molecule is CCC1CCCC(C(NC)c2cccc3cnccc23)C1. The van der Waals surface area contributed by atoms with Crippen molar-refractivity contribution in [2.75, 3.05) is 7.05 Å². The van der Waals surface area contributed by atoms with Crippen LogP contribution in [0.2, 0.25) is 0 Å². The lowest BCUT2D eigenvalue weighted by Crippen LogP contribution is -2.29. The molecule has 0 spiro atoms. The molecule has 3 rings (SSSR count). The molecule has 3 unspecified atom stereocenters. The van der Waals surface area contributed by atoms with E-state index < -0.39 is 0 Å². The van der Waals surface area contributed by atoms with Crippen LogP contribution in [0, 0.1) is 11.8 Å². The maximum absolute atomic E-state index is 4.26. The quantitative estimate of drug-likeness (QED) is 0.878. The number of rotatable bonds is 4. The highest BCUT2D eigenvalue weighted by molar-refractivity contribution is 5.85. The Balaban J connectivity index is 1.94. The van der Waals surface area contributed by atoms with E-state index in [4.69, 9.17) is 0 Å².